The van der Waals surface area contributed by atoms with Crippen molar-refractivity contribution in [1.29, 1.82) is 0 Å². The highest BCUT2D eigenvalue weighted by molar-refractivity contribution is 9.10. The molecule has 0 aliphatic carbocycles. The lowest BCUT2D eigenvalue weighted by Gasteiger charge is -2.26. The van der Waals surface area contributed by atoms with Crippen LogP contribution in [0.5, 0.6) is 5.75 Å². The van der Waals surface area contributed by atoms with Gasteiger partial charge < -0.3 is 14.3 Å². The van der Waals surface area contributed by atoms with Gasteiger partial charge in [-0.15, -0.1) is 0 Å². The van der Waals surface area contributed by atoms with E-state index in [1.165, 1.54) is 19.3 Å². The van der Waals surface area contributed by atoms with Gasteiger partial charge in [-0.25, -0.2) is 0 Å². The normalized spacial score (nSPS) is 15.2. The van der Waals surface area contributed by atoms with Crippen LogP contribution in [0.1, 0.15) is 30.4 Å². The van der Waals surface area contributed by atoms with E-state index in [4.69, 9.17) is 4.74 Å². The van der Waals surface area contributed by atoms with Crippen molar-refractivity contribution in [3.05, 3.63) is 92.2 Å². The second-order valence-electron chi connectivity index (χ2n) is 9.62. The first kappa shape index (κ1) is 23.9. The fraction of sp³-hybridized carbons (Fsp3) is 0.276. The highest BCUT2D eigenvalue weighted by atomic mass is 79.9. The van der Waals surface area contributed by atoms with Crippen LogP contribution in [0.2, 0.25) is 0 Å². The molecular formula is C29H27BrN4O3. The average molecular weight is 559 g/mol. The standard InChI is InChI=1S/C29H27BrN4O3/c30-21-6-7-26-23(14-21)27(32-36)24-15-22(37-12-11-33-9-2-1-3-10-33)16-25-28(24)34(26)18-20(29(25)35)13-19-5-4-8-31-17-19/h4-8,14-18,36H,1-3,9-13H2. The first-order chi connectivity index (χ1) is 18.1. The molecule has 4 heterocycles. The largest absolute Gasteiger partial charge is 0.492 e. The Kier molecular flexibility index (Phi) is 6.52. The van der Waals surface area contributed by atoms with Crippen LogP contribution in [0.3, 0.4) is 0 Å². The van der Waals surface area contributed by atoms with Crippen LogP contribution in [-0.2, 0) is 6.42 Å². The van der Waals surface area contributed by atoms with Gasteiger partial charge in [0.25, 0.3) is 0 Å². The number of aromatic nitrogens is 2. The van der Waals surface area contributed by atoms with E-state index in [9.17, 15) is 10.0 Å². The SMILES string of the molecule is O=c1c(Cc2cccnc2)cn2c3ccc(Br)cc3c(=NO)c3cc(OCCN4CCCCC4)cc1c32. The van der Waals surface area contributed by atoms with E-state index >= 15 is 0 Å². The second-order valence-corrected chi connectivity index (χ2v) is 10.5. The summed E-state index contributed by atoms with van der Waals surface area (Å²) >= 11 is 3.55. The zero-order valence-corrected chi connectivity index (χ0v) is 21.9. The van der Waals surface area contributed by atoms with E-state index in [1.54, 1.807) is 12.4 Å². The van der Waals surface area contributed by atoms with Crippen LogP contribution in [0.4, 0.5) is 0 Å². The number of benzene rings is 2. The van der Waals surface area contributed by atoms with E-state index in [0.29, 0.717) is 46.0 Å². The van der Waals surface area contributed by atoms with Crippen LogP contribution >= 0.6 is 15.9 Å². The van der Waals surface area contributed by atoms with Crippen LogP contribution < -0.4 is 15.5 Å². The Hall–Kier alpha value is -3.49. The fourth-order valence-corrected chi connectivity index (χ4v) is 5.79. The minimum atomic E-state index is -0.0596. The van der Waals surface area contributed by atoms with Gasteiger partial charge in [-0.2, -0.15) is 0 Å². The Morgan fingerprint density at radius 3 is 2.68 bits per heavy atom. The number of pyridine rings is 3. The maximum Gasteiger partial charge on any atom is 0.193 e. The average Bonchev–Trinajstić information content (AvgIpc) is 2.92. The molecule has 1 saturated heterocycles. The summed E-state index contributed by atoms with van der Waals surface area (Å²) in [4.78, 5) is 20.4. The first-order valence-electron chi connectivity index (χ1n) is 12.6. The molecule has 8 heteroatoms. The number of piperidine rings is 1. The molecule has 188 valence electrons. The highest BCUT2D eigenvalue weighted by Crippen LogP contribution is 2.29. The molecule has 6 rings (SSSR count). The summed E-state index contributed by atoms with van der Waals surface area (Å²) in [5, 5.41) is 16.2. The number of ether oxygens (including phenoxy) is 1. The number of nitrogens with zero attached hydrogens (tertiary/aromatic N) is 4. The molecule has 2 aromatic carbocycles. The molecule has 0 saturated carbocycles. The third-order valence-corrected chi connectivity index (χ3v) is 7.71. The van der Waals surface area contributed by atoms with Gasteiger partial charge in [0.1, 0.15) is 17.7 Å². The minimum absolute atomic E-state index is 0.0596. The van der Waals surface area contributed by atoms with E-state index in [0.717, 1.165) is 40.6 Å². The topological polar surface area (TPSA) is 79.4 Å². The van der Waals surface area contributed by atoms with E-state index in [1.807, 2.05) is 53.1 Å². The fourth-order valence-electron chi connectivity index (χ4n) is 5.43. The molecule has 0 unspecified atom stereocenters. The molecule has 0 bridgehead atoms. The van der Waals surface area contributed by atoms with Crippen molar-refractivity contribution >= 4 is 43.1 Å². The van der Waals surface area contributed by atoms with Gasteiger partial charge in [-0.3, -0.25) is 14.7 Å². The molecule has 3 aromatic heterocycles. The lowest BCUT2D eigenvalue weighted by molar-refractivity contribution is 0.183. The van der Waals surface area contributed by atoms with Gasteiger partial charge in [-0.05, 0) is 67.9 Å². The van der Waals surface area contributed by atoms with E-state index < -0.39 is 0 Å². The van der Waals surface area contributed by atoms with Crippen molar-refractivity contribution in [3.63, 3.8) is 0 Å². The van der Waals surface area contributed by atoms with Gasteiger partial charge in [0, 0.05) is 52.4 Å². The third kappa shape index (κ3) is 4.55. The van der Waals surface area contributed by atoms with Crippen molar-refractivity contribution in [2.45, 2.75) is 25.7 Å². The Balaban J connectivity index is 1.54. The molecule has 0 atom stereocenters. The molecule has 5 aromatic rings. The van der Waals surface area contributed by atoms with Gasteiger partial charge in [0.15, 0.2) is 5.43 Å². The zero-order valence-electron chi connectivity index (χ0n) is 20.4. The van der Waals surface area contributed by atoms with Gasteiger partial charge >= 0.3 is 0 Å². The predicted molar refractivity (Wildman–Crippen MR) is 148 cm³/mol. The molecule has 7 nitrogen and oxygen atoms in total. The Morgan fingerprint density at radius 1 is 1.05 bits per heavy atom. The van der Waals surface area contributed by atoms with Crippen molar-refractivity contribution in [2.75, 3.05) is 26.2 Å². The molecule has 0 amide bonds. The highest BCUT2D eigenvalue weighted by Gasteiger charge is 2.18. The zero-order chi connectivity index (χ0) is 25.4. The van der Waals surface area contributed by atoms with Crippen molar-refractivity contribution in [2.24, 2.45) is 5.16 Å². The van der Waals surface area contributed by atoms with Crippen molar-refractivity contribution < 1.29 is 9.94 Å². The number of fused-ring (bicyclic) bond motifs is 2. The maximum atomic E-state index is 13.8. The van der Waals surface area contributed by atoms with Gasteiger partial charge in [0.05, 0.1) is 16.4 Å². The third-order valence-electron chi connectivity index (χ3n) is 7.22. The van der Waals surface area contributed by atoms with E-state index in [-0.39, 0.29) is 5.43 Å². The first-order valence-corrected chi connectivity index (χ1v) is 13.4. The van der Waals surface area contributed by atoms with Crippen LogP contribution in [0.15, 0.2) is 75.5 Å². The number of likely N-dealkylation sites (tertiary alicyclic amines) is 1. The van der Waals surface area contributed by atoms with Gasteiger partial charge in [0.2, 0.25) is 0 Å². The second kappa shape index (κ2) is 10.1. The smallest absolute Gasteiger partial charge is 0.193 e. The summed E-state index contributed by atoms with van der Waals surface area (Å²) < 4.78 is 9.10. The molecule has 1 aliphatic heterocycles. The van der Waals surface area contributed by atoms with Crippen LogP contribution in [-0.4, -0.2) is 45.7 Å². The summed E-state index contributed by atoms with van der Waals surface area (Å²) in [7, 11) is 0. The molecule has 0 radical (unpaired) electrons. The number of hydrogen-bond donors (Lipinski definition) is 1. The van der Waals surface area contributed by atoms with Crippen molar-refractivity contribution in [3.8, 4) is 5.75 Å². The Morgan fingerprint density at radius 2 is 1.89 bits per heavy atom. The number of halogens is 1. The molecule has 1 aliphatic rings. The Bertz CT molecular complexity index is 1710. The van der Waals surface area contributed by atoms with Gasteiger partial charge in [-0.1, -0.05) is 33.6 Å². The summed E-state index contributed by atoms with van der Waals surface area (Å²) in [6, 6.07) is 13.4. The maximum absolute atomic E-state index is 13.8. The van der Waals surface area contributed by atoms with Crippen molar-refractivity contribution in [1.82, 2.24) is 14.3 Å². The predicted octanol–water partition coefficient (Wildman–Crippen LogP) is 4.95. The molecule has 1 fully saturated rings. The lowest BCUT2D eigenvalue weighted by atomic mass is 10.0. The molecule has 1 N–H and O–H groups in total. The summed E-state index contributed by atoms with van der Waals surface area (Å²) in [6.07, 6.45) is 9.62. The molecule has 0 spiro atoms. The monoisotopic (exact) mass is 558 g/mol. The van der Waals surface area contributed by atoms with E-state index in [2.05, 4.69) is 31.0 Å². The molecule has 37 heavy (non-hydrogen) atoms. The van der Waals surface area contributed by atoms with Crippen LogP contribution in [0, 0.1) is 0 Å². The summed E-state index contributed by atoms with van der Waals surface area (Å²) in [6.45, 7) is 3.57. The molecular weight excluding hydrogens is 532 g/mol. The number of hydrogen-bond acceptors (Lipinski definition) is 6. The quantitative estimate of drug-likeness (QED) is 0.138. The summed E-state index contributed by atoms with van der Waals surface area (Å²) in [5.74, 6) is 0.598. The van der Waals surface area contributed by atoms with Crippen LogP contribution in [0.25, 0.3) is 27.2 Å². The number of rotatable bonds is 6. The summed E-state index contributed by atoms with van der Waals surface area (Å²) in [5.41, 5.74) is 3.13. The Labute approximate surface area is 222 Å². The minimum Gasteiger partial charge on any atom is -0.492 e. The lowest BCUT2D eigenvalue weighted by Crippen LogP contribution is -2.33.